The van der Waals surface area contributed by atoms with Gasteiger partial charge in [0.05, 0.1) is 0 Å². The van der Waals surface area contributed by atoms with Gasteiger partial charge < -0.3 is 4.57 Å². The molecule has 0 fully saturated rings. The molecule has 2 heteroatoms. The van der Waals surface area contributed by atoms with Crippen LogP contribution in [-0.2, 0) is 7.05 Å². The average Bonchev–Trinajstić information content (AvgIpc) is 2.23. The lowest BCUT2D eigenvalue weighted by atomic mass is 10.1. The molecule has 15 heavy (non-hydrogen) atoms. The van der Waals surface area contributed by atoms with E-state index in [0.717, 1.165) is 16.5 Å². The van der Waals surface area contributed by atoms with Crippen molar-refractivity contribution in [3.8, 4) is 0 Å². The lowest BCUT2D eigenvalue weighted by Crippen LogP contribution is -2.21. The quantitative estimate of drug-likeness (QED) is 0.695. The van der Waals surface area contributed by atoms with Gasteiger partial charge in [-0.15, -0.1) is 0 Å². The van der Waals surface area contributed by atoms with Gasteiger partial charge in [-0.3, -0.25) is 4.79 Å². The normalized spacial score (nSPS) is 11.2. The summed E-state index contributed by atoms with van der Waals surface area (Å²) in [6, 6.07) is 9.83. The van der Waals surface area contributed by atoms with Crippen LogP contribution in [0.4, 0.5) is 0 Å². The molecule has 2 nitrogen and oxygen atoms in total. The molecule has 0 aliphatic rings. The summed E-state index contributed by atoms with van der Waals surface area (Å²) in [5, 5.41) is 1.83. The number of aromatic nitrogens is 1. The predicted molar refractivity (Wildman–Crippen MR) is 63.3 cm³/mol. The third-order valence-electron chi connectivity index (χ3n) is 2.78. The zero-order chi connectivity index (χ0) is 11.0. The summed E-state index contributed by atoms with van der Waals surface area (Å²) in [4.78, 5) is 12.0. The summed E-state index contributed by atoms with van der Waals surface area (Å²) in [6.45, 7) is 4.20. The molecular weight excluding hydrogens is 186 g/mol. The Kier molecular flexibility index (Phi) is 2.35. The zero-order valence-electron chi connectivity index (χ0n) is 9.32. The Morgan fingerprint density at radius 2 is 1.87 bits per heavy atom. The second-order valence-corrected chi connectivity index (χ2v) is 4.18. The highest BCUT2D eigenvalue weighted by molar-refractivity contribution is 5.81. The Balaban J connectivity index is 2.89. The highest BCUT2D eigenvalue weighted by Gasteiger charge is 2.08. The van der Waals surface area contributed by atoms with Gasteiger partial charge in [-0.05, 0) is 23.4 Å². The van der Waals surface area contributed by atoms with Crippen LogP contribution in [0.15, 0.2) is 35.1 Å². The molecule has 1 aromatic heterocycles. The fourth-order valence-corrected chi connectivity index (χ4v) is 1.93. The third kappa shape index (κ3) is 1.56. The maximum Gasteiger partial charge on any atom is 0.258 e. The second kappa shape index (κ2) is 3.54. The van der Waals surface area contributed by atoms with E-state index < -0.39 is 0 Å². The lowest BCUT2D eigenvalue weighted by Gasteiger charge is -2.12. The summed E-state index contributed by atoms with van der Waals surface area (Å²) < 4.78 is 1.74. The Hall–Kier alpha value is -1.57. The SMILES string of the molecule is CC(C)c1cc2ccccc2c(=O)n1C. The van der Waals surface area contributed by atoms with Crippen molar-refractivity contribution in [3.63, 3.8) is 0 Å². The molecule has 0 unspecified atom stereocenters. The number of rotatable bonds is 1. The van der Waals surface area contributed by atoms with Crippen LogP contribution in [0, 0.1) is 0 Å². The van der Waals surface area contributed by atoms with E-state index in [1.54, 1.807) is 4.57 Å². The fourth-order valence-electron chi connectivity index (χ4n) is 1.93. The molecule has 0 aliphatic carbocycles. The van der Waals surface area contributed by atoms with Crippen molar-refractivity contribution in [1.82, 2.24) is 4.57 Å². The first kappa shape index (κ1) is 9.97. The van der Waals surface area contributed by atoms with Crippen LogP contribution in [0.5, 0.6) is 0 Å². The molecule has 0 saturated heterocycles. The van der Waals surface area contributed by atoms with E-state index in [1.165, 1.54) is 0 Å². The van der Waals surface area contributed by atoms with Gasteiger partial charge in [0.15, 0.2) is 0 Å². The molecule has 0 amide bonds. The molecule has 0 aliphatic heterocycles. The van der Waals surface area contributed by atoms with Crippen LogP contribution >= 0.6 is 0 Å². The smallest absolute Gasteiger partial charge is 0.258 e. The van der Waals surface area contributed by atoms with Crippen LogP contribution in [0.3, 0.4) is 0 Å². The Bertz CT molecular complexity index is 552. The molecule has 0 bridgehead atoms. The van der Waals surface area contributed by atoms with Gasteiger partial charge in [-0.2, -0.15) is 0 Å². The summed E-state index contributed by atoms with van der Waals surface area (Å²) in [5.74, 6) is 0.368. The molecule has 1 aromatic carbocycles. The van der Waals surface area contributed by atoms with E-state index in [1.807, 2.05) is 31.3 Å². The molecule has 2 rings (SSSR count). The summed E-state index contributed by atoms with van der Waals surface area (Å²) in [6.07, 6.45) is 0. The average molecular weight is 201 g/mol. The van der Waals surface area contributed by atoms with E-state index in [4.69, 9.17) is 0 Å². The van der Waals surface area contributed by atoms with Gasteiger partial charge in [-0.25, -0.2) is 0 Å². The van der Waals surface area contributed by atoms with Crippen molar-refractivity contribution < 1.29 is 0 Å². The van der Waals surface area contributed by atoms with Crippen molar-refractivity contribution in [2.24, 2.45) is 7.05 Å². The maximum absolute atomic E-state index is 12.0. The minimum Gasteiger partial charge on any atom is -0.315 e. The Morgan fingerprint density at radius 3 is 2.53 bits per heavy atom. The number of pyridine rings is 1. The number of hydrogen-bond donors (Lipinski definition) is 0. The molecule has 0 N–H and O–H groups in total. The van der Waals surface area contributed by atoms with Gasteiger partial charge in [-0.1, -0.05) is 32.0 Å². The van der Waals surface area contributed by atoms with E-state index in [0.29, 0.717) is 5.92 Å². The van der Waals surface area contributed by atoms with Crippen LogP contribution in [0.1, 0.15) is 25.5 Å². The van der Waals surface area contributed by atoms with Crippen molar-refractivity contribution >= 4 is 10.8 Å². The first-order chi connectivity index (χ1) is 7.11. The minimum absolute atomic E-state index is 0.0943. The van der Waals surface area contributed by atoms with Crippen molar-refractivity contribution in [2.45, 2.75) is 19.8 Å². The summed E-state index contributed by atoms with van der Waals surface area (Å²) in [5.41, 5.74) is 1.18. The van der Waals surface area contributed by atoms with Crippen LogP contribution in [0.2, 0.25) is 0 Å². The summed E-state index contributed by atoms with van der Waals surface area (Å²) in [7, 11) is 1.84. The minimum atomic E-state index is 0.0943. The lowest BCUT2D eigenvalue weighted by molar-refractivity contribution is 0.713. The molecule has 78 valence electrons. The molecule has 0 atom stereocenters. The Morgan fingerprint density at radius 1 is 1.20 bits per heavy atom. The molecule has 0 spiro atoms. The maximum atomic E-state index is 12.0. The van der Waals surface area contributed by atoms with E-state index >= 15 is 0 Å². The van der Waals surface area contributed by atoms with E-state index in [2.05, 4.69) is 19.9 Å². The van der Waals surface area contributed by atoms with Crippen LogP contribution in [-0.4, -0.2) is 4.57 Å². The molecule has 0 saturated carbocycles. The van der Waals surface area contributed by atoms with Crippen molar-refractivity contribution in [2.75, 3.05) is 0 Å². The van der Waals surface area contributed by atoms with E-state index in [9.17, 15) is 4.79 Å². The number of hydrogen-bond acceptors (Lipinski definition) is 1. The number of benzene rings is 1. The van der Waals surface area contributed by atoms with Gasteiger partial charge >= 0.3 is 0 Å². The molecule has 2 aromatic rings. The first-order valence-corrected chi connectivity index (χ1v) is 5.20. The Labute approximate surface area is 89.2 Å². The highest BCUT2D eigenvalue weighted by atomic mass is 16.1. The molecule has 0 radical (unpaired) electrons. The molecular formula is C13H15NO. The monoisotopic (exact) mass is 201 g/mol. The van der Waals surface area contributed by atoms with Crippen molar-refractivity contribution in [1.29, 1.82) is 0 Å². The predicted octanol–water partition coefficient (Wildman–Crippen LogP) is 2.66. The van der Waals surface area contributed by atoms with Crippen molar-refractivity contribution in [3.05, 3.63) is 46.4 Å². The molecule has 1 heterocycles. The van der Waals surface area contributed by atoms with Crippen LogP contribution in [0.25, 0.3) is 10.8 Å². The van der Waals surface area contributed by atoms with Gasteiger partial charge in [0, 0.05) is 18.1 Å². The fraction of sp³-hybridized carbons (Fsp3) is 0.308. The van der Waals surface area contributed by atoms with E-state index in [-0.39, 0.29) is 5.56 Å². The van der Waals surface area contributed by atoms with Gasteiger partial charge in [0.25, 0.3) is 5.56 Å². The zero-order valence-corrected chi connectivity index (χ0v) is 9.32. The second-order valence-electron chi connectivity index (χ2n) is 4.18. The van der Waals surface area contributed by atoms with Crippen LogP contribution < -0.4 is 5.56 Å². The van der Waals surface area contributed by atoms with Gasteiger partial charge in [0.1, 0.15) is 0 Å². The first-order valence-electron chi connectivity index (χ1n) is 5.20. The summed E-state index contributed by atoms with van der Waals surface area (Å²) >= 11 is 0. The number of fused-ring (bicyclic) bond motifs is 1. The third-order valence-corrected chi connectivity index (χ3v) is 2.78. The van der Waals surface area contributed by atoms with Gasteiger partial charge in [0.2, 0.25) is 0 Å². The largest absolute Gasteiger partial charge is 0.315 e. The highest BCUT2D eigenvalue weighted by Crippen LogP contribution is 2.17. The standard InChI is InChI=1S/C13H15NO/c1-9(2)12-8-10-6-4-5-7-11(10)13(15)14(12)3/h4-9H,1-3H3. The topological polar surface area (TPSA) is 22.0 Å². The number of nitrogens with zero attached hydrogens (tertiary/aromatic N) is 1.